The summed E-state index contributed by atoms with van der Waals surface area (Å²) in [5, 5.41) is 0.279. The number of rotatable bonds is 5. The predicted octanol–water partition coefficient (Wildman–Crippen LogP) is 4.58. The largest absolute Gasteiger partial charge is 0.123 e. The van der Waals surface area contributed by atoms with Gasteiger partial charge in [-0.3, -0.25) is 0 Å². The highest BCUT2D eigenvalue weighted by Gasteiger charge is 2.09. The second-order valence-corrected chi connectivity index (χ2v) is 5.16. The second kappa shape index (κ2) is 6.17. The first-order valence-electron chi connectivity index (χ1n) is 5.81. The van der Waals surface area contributed by atoms with Crippen LogP contribution in [0.3, 0.4) is 0 Å². The number of benzene rings is 1. The maximum atomic E-state index is 6.34. The lowest BCUT2D eigenvalue weighted by molar-refractivity contribution is 0.500. The summed E-state index contributed by atoms with van der Waals surface area (Å²) < 4.78 is 0. The fourth-order valence-electron chi connectivity index (χ4n) is 1.78. The summed E-state index contributed by atoms with van der Waals surface area (Å²) in [5.74, 6) is 0.734. The van der Waals surface area contributed by atoms with E-state index in [0.717, 1.165) is 18.8 Å². The van der Waals surface area contributed by atoms with E-state index >= 15 is 0 Å². The summed E-state index contributed by atoms with van der Waals surface area (Å²) in [5.41, 5.74) is 2.68. The Morgan fingerprint density at radius 2 is 2.07 bits per heavy atom. The summed E-state index contributed by atoms with van der Waals surface area (Å²) in [6, 6.07) is 8.63. The first-order chi connectivity index (χ1) is 7.11. The lowest BCUT2D eigenvalue weighted by Crippen LogP contribution is -2.08. The van der Waals surface area contributed by atoms with Crippen molar-refractivity contribution >= 4 is 11.6 Å². The number of hydrogen-bond acceptors (Lipinski definition) is 0. The van der Waals surface area contributed by atoms with Crippen molar-refractivity contribution in [1.29, 1.82) is 0 Å². The Hall–Kier alpha value is -0.490. The minimum absolute atomic E-state index is 0.279. The van der Waals surface area contributed by atoms with Crippen LogP contribution in [0.15, 0.2) is 24.3 Å². The van der Waals surface area contributed by atoms with Crippen LogP contribution in [0.25, 0.3) is 0 Å². The van der Waals surface area contributed by atoms with Crippen LogP contribution in [0.2, 0.25) is 0 Å². The molecule has 0 bridgehead atoms. The fourth-order valence-corrected chi connectivity index (χ4v) is 2.26. The maximum absolute atomic E-state index is 6.34. The molecule has 84 valence electrons. The van der Waals surface area contributed by atoms with Gasteiger partial charge in [-0.1, -0.05) is 50.1 Å². The van der Waals surface area contributed by atoms with Crippen molar-refractivity contribution in [2.45, 2.75) is 45.4 Å². The molecule has 0 spiro atoms. The Labute approximate surface area is 98.7 Å². The highest BCUT2D eigenvalue weighted by molar-refractivity contribution is 6.20. The van der Waals surface area contributed by atoms with Gasteiger partial charge in [0.1, 0.15) is 0 Å². The third kappa shape index (κ3) is 4.70. The Morgan fingerprint density at radius 1 is 1.33 bits per heavy atom. The van der Waals surface area contributed by atoms with Gasteiger partial charge in [-0.25, -0.2) is 0 Å². The monoisotopic (exact) mass is 224 g/mol. The molecular weight excluding hydrogens is 204 g/mol. The number of halogens is 1. The van der Waals surface area contributed by atoms with E-state index in [-0.39, 0.29) is 5.38 Å². The highest BCUT2D eigenvalue weighted by atomic mass is 35.5. The van der Waals surface area contributed by atoms with Gasteiger partial charge in [0, 0.05) is 5.38 Å². The van der Waals surface area contributed by atoms with Crippen molar-refractivity contribution in [3.05, 3.63) is 35.4 Å². The van der Waals surface area contributed by atoms with Gasteiger partial charge in [-0.05, 0) is 31.2 Å². The van der Waals surface area contributed by atoms with E-state index in [1.54, 1.807) is 0 Å². The van der Waals surface area contributed by atoms with E-state index < -0.39 is 0 Å². The molecule has 2 atom stereocenters. The first-order valence-corrected chi connectivity index (χ1v) is 6.25. The molecule has 0 heterocycles. The van der Waals surface area contributed by atoms with E-state index in [2.05, 4.69) is 45.0 Å². The lowest BCUT2D eigenvalue weighted by atomic mass is 9.98. The van der Waals surface area contributed by atoms with Crippen LogP contribution in [0, 0.1) is 12.8 Å². The zero-order valence-electron chi connectivity index (χ0n) is 9.96. The molecule has 0 radical (unpaired) electrons. The molecule has 0 aliphatic carbocycles. The van der Waals surface area contributed by atoms with Gasteiger partial charge >= 0.3 is 0 Å². The summed E-state index contributed by atoms with van der Waals surface area (Å²) >= 11 is 6.34. The van der Waals surface area contributed by atoms with Gasteiger partial charge < -0.3 is 0 Å². The maximum Gasteiger partial charge on any atom is 0.0378 e. The molecule has 1 aromatic rings. The van der Waals surface area contributed by atoms with Crippen LogP contribution < -0.4 is 0 Å². The third-order valence-corrected chi connectivity index (χ3v) is 3.23. The van der Waals surface area contributed by atoms with E-state index in [1.165, 1.54) is 17.5 Å². The van der Waals surface area contributed by atoms with Crippen LogP contribution in [0.4, 0.5) is 0 Å². The Morgan fingerprint density at radius 3 is 2.67 bits per heavy atom. The molecule has 0 saturated carbocycles. The number of hydrogen-bond donors (Lipinski definition) is 0. The normalized spacial score (nSPS) is 14.9. The standard InChI is InChI=1S/C14H21Cl/c1-4-11(2)9-14(15)10-13-7-5-6-12(3)8-13/h5-8,11,14H,4,9-10H2,1-3H3. The number of alkyl halides is 1. The molecule has 1 rings (SSSR count). The fraction of sp³-hybridized carbons (Fsp3) is 0.571. The van der Waals surface area contributed by atoms with Gasteiger partial charge in [-0.2, -0.15) is 0 Å². The van der Waals surface area contributed by atoms with E-state index in [9.17, 15) is 0 Å². The summed E-state index contributed by atoms with van der Waals surface area (Å²) in [4.78, 5) is 0. The van der Waals surface area contributed by atoms with Gasteiger partial charge in [0.15, 0.2) is 0 Å². The molecule has 0 saturated heterocycles. The van der Waals surface area contributed by atoms with Crippen molar-refractivity contribution in [1.82, 2.24) is 0 Å². The zero-order valence-corrected chi connectivity index (χ0v) is 10.7. The van der Waals surface area contributed by atoms with Gasteiger partial charge in [0.2, 0.25) is 0 Å². The molecule has 0 aliphatic heterocycles. The second-order valence-electron chi connectivity index (χ2n) is 4.54. The molecule has 0 aliphatic rings. The number of aryl methyl sites for hydroxylation is 1. The smallest absolute Gasteiger partial charge is 0.0378 e. The van der Waals surface area contributed by atoms with Gasteiger partial charge in [0.25, 0.3) is 0 Å². The van der Waals surface area contributed by atoms with Gasteiger partial charge in [0.05, 0.1) is 0 Å². The quantitative estimate of drug-likeness (QED) is 0.643. The predicted molar refractivity (Wildman–Crippen MR) is 68.6 cm³/mol. The molecule has 1 heteroatoms. The lowest BCUT2D eigenvalue weighted by Gasteiger charge is -2.14. The molecule has 0 amide bonds. The Kier molecular flexibility index (Phi) is 5.17. The average Bonchev–Trinajstić information content (AvgIpc) is 2.17. The Balaban J connectivity index is 2.47. The van der Waals surface area contributed by atoms with Crippen LogP contribution in [-0.4, -0.2) is 5.38 Å². The minimum atomic E-state index is 0.279. The topological polar surface area (TPSA) is 0 Å². The Bertz CT molecular complexity index is 293. The highest BCUT2D eigenvalue weighted by Crippen LogP contribution is 2.18. The molecule has 0 aromatic heterocycles. The van der Waals surface area contributed by atoms with Crippen LogP contribution in [-0.2, 0) is 6.42 Å². The molecule has 0 N–H and O–H groups in total. The van der Waals surface area contributed by atoms with Crippen LogP contribution >= 0.6 is 11.6 Å². The molecule has 2 unspecified atom stereocenters. The van der Waals surface area contributed by atoms with Crippen molar-refractivity contribution in [2.75, 3.05) is 0 Å². The van der Waals surface area contributed by atoms with Crippen LogP contribution in [0.5, 0.6) is 0 Å². The SMILES string of the molecule is CCC(C)CC(Cl)Cc1cccc(C)c1. The molecule has 0 fully saturated rings. The summed E-state index contributed by atoms with van der Waals surface area (Å²) in [7, 11) is 0. The molecular formula is C14H21Cl. The van der Waals surface area contributed by atoms with Crippen molar-refractivity contribution in [3.8, 4) is 0 Å². The summed E-state index contributed by atoms with van der Waals surface area (Å²) in [6.45, 7) is 6.62. The van der Waals surface area contributed by atoms with Crippen molar-refractivity contribution in [2.24, 2.45) is 5.92 Å². The van der Waals surface area contributed by atoms with E-state index in [0.29, 0.717) is 0 Å². The molecule has 1 aromatic carbocycles. The molecule has 0 nitrogen and oxygen atoms in total. The average molecular weight is 225 g/mol. The van der Waals surface area contributed by atoms with E-state index in [1.807, 2.05) is 0 Å². The van der Waals surface area contributed by atoms with Crippen LogP contribution in [0.1, 0.15) is 37.8 Å². The third-order valence-electron chi connectivity index (χ3n) is 2.89. The van der Waals surface area contributed by atoms with Crippen molar-refractivity contribution < 1.29 is 0 Å². The molecule has 15 heavy (non-hydrogen) atoms. The zero-order chi connectivity index (χ0) is 11.3. The minimum Gasteiger partial charge on any atom is -0.123 e. The van der Waals surface area contributed by atoms with Crippen molar-refractivity contribution in [3.63, 3.8) is 0 Å². The summed E-state index contributed by atoms with van der Waals surface area (Å²) in [6.07, 6.45) is 3.33. The first kappa shape index (κ1) is 12.6. The van der Waals surface area contributed by atoms with E-state index in [4.69, 9.17) is 11.6 Å². The van der Waals surface area contributed by atoms with Gasteiger partial charge in [-0.15, -0.1) is 11.6 Å².